The fourth-order valence-corrected chi connectivity index (χ4v) is 1.50. The molecule has 0 radical (unpaired) electrons. The summed E-state index contributed by atoms with van der Waals surface area (Å²) in [5.41, 5.74) is 5.75. The van der Waals surface area contributed by atoms with Crippen LogP contribution in [0.5, 0.6) is 11.5 Å². The quantitative estimate of drug-likeness (QED) is 0.887. The smallest absolute Gasteiger partial charge is 0.403 e. The Morgan fingerprint density at radius 1 is 1.11 bits per heavy atom. The predicted octanol–water partition coefficient (Wildman–Crippen LogP) is 2.53. The lowest BCUT2D eigenvalue weighted by Gasteiger charge is -2.15. The van der Waals surface area contributed by atoms with Crippen LogP contribution in [0.1, 0.15) is 12.0 Å². The average Bonchev–Trinajstić information content (AvgIpc) is 2.34. The molecule has 1 aromatic rings. The molecule has 2 N–H and O–H groups in total. The molecule has 0 spiro atoms. The maximum Gasteiger partial charge on any atom is 0.403 e. The number of benzene rings is 1. The Morgan fingerprint density at radius 2 is 1.61 bits per heavy atom. The highest BCUT2D eigenvalue weighted by Crippen LogP contribution is 2.26. The standard InChI is InChI=1S/C12H16F3NO2/c1-17-9-5-8(6-10(7-9)18-2)3-4-11(16)12(13,14)15/h5-7,11H,3-4,16H2,1-2H3. The molecular formula is C12H16F3NO2. The SMILES string of the molecule is COc1cc(CCC(N)C(F)(F)F)cc(OC)c1. The monoisotopic (exact) mass is 263 g/mol. The van der Waals surface area contributed by atoms with Crippen LogP contribution >= 0.6 is 0 Å². The third-order valence-corrected chi connectivity index (χ3v) is 2.58. The van der Waals surface area contributed by atoms with Crippen LogP contribution in [0, 0.1) is 0 Å². The molecule has 0 saturated heterocycles. The summed E-state index contributed by atoms with van der Waals surface area (Å²) in [5, 5.41) is 0. The molecular weight excluding hydrogens is 247 g/mol. The van der Waals surface area contributed by atoms with Crippen LogP contribution < -0.4 is 15.2 Å². The summed E-state index contributed by atoms with van der Waals surface area (Å²) >= 11 is 0. The van der Waals surface area contributed by atoms with Crippen molar-refractivity contribution < 1.29 is 22.6 Å². The fourth-order valence-electron chi connectivity index (χ4n) is 1.50. The Hall–Kier alpha value is -1.43. The molecule has 6 heteroatoms. The minimum atomic E-state index is -4.36. The number of rotatable bonds is 5. The predicted molar refractivity (Wildman–Crippen MR) is 61.9 cm³/mol. The largest absolute Gasteiger partial charge is 0.497 e. The highest BCUT2D eigenvalue weighted by atomic mass is 19.4. The topological polar surface area (TPSA) is 44.5 Å². The van der Waals surface area contributed by atoms with Crippen LogP contribution in [-0.2, 0) is 6.42 Å². The normalized spacial score (nSPS) is 13.2. The molecule has 0 amide bonds. The molecule has 1 atom stereocenters. The summed E-state index contributed by atoms with van der Waals surface area (Å²) in [5.74, 6) is 1.09. The van der Waals surface area contributed by atoms with E-state index in [2.05, 4.69) is 0 Å². The number of halogens is 3. The first-order valence-corrected chi connectivity index (χ1v) is 5.41. The zero-order chi connectivity index (χ0) is 13.8. The van der Waals surface area contributed by atoms with Crippen molar-refractivity contribution in [3.05, 3.63) is 23.8 Å². The Morgan fingerprint density at radius 3 is 2.00 bits per heavy atom. The summed E-state index contributed by atoms with van der Waals surface area (Å²) in [6.45, 7) is 0. The molecule has 0 saturated carbocycles. The van der Waals surface area contributed by atoms with Crippen molar-refractivity contribution in [1.82, 2.24) is 0 Å². The maximum atomic E-state index is 12.3. The van der Waals surface area contributed by atoms with E-state index >= 15 is 0 Å². The molecule has 0 fully saturated rings. The second-order valence-corrected chi connectivity index (χ2v) is 3.91. The number of alkyl halides is 3. The van der Waals surface area contributed by atoms with Gasteiger partial charge < -0.3 is 15.2 Å². The van der Waals surface area contributed by atoms with Crippen LogP contribution in [0.15, 0.2) is 18.2 Å². The Balaban J connectivity index is 2.72. The minimum Gasteiger partial charge on any atom is -0.497 e. The molecule has 3 nitrogen and oxygen atoms in total. The van der Waals surface area contributed by atoms with Gasteiger partial charge in [0.05, 0.1) is 14.2 Å². The van der Waals surface area contributed by atoms with E-state index in [0.29, 0.717) is 17.1 Å². The van der Waals surface area contributed by atoms with E-state index < -0.39 is 12.2 Å². The van der Waals surface area contributed by atoms with Crippen LogP contribution in [0.2, 0.25) is 0 Å². The Bertz CT molecular complexity index is 371. The van der Waals surface area contributed by atoms with E-state index in [-0.39, 0.29) is 12.8 Å². The van der Waals surface area contributed by atoms with E-state index in [0.717, 1.165) is 0 Å². The van der Waals surface area contributed by atoms with Gasteiger partial charge in [-0.05, 0) is 30.5 Å². The molecule has 1 rings (SSSR count). The molecule has 0 heterocycles. The van der Waals surface area contributed by atoms with Crippen LogP contribution in [0.25, 0.3) is 0 Å². The number of ether oxygens (including phenoxy) is 2. The Labute approximate surface area is 104 Å². The van der Waals surface area contributed by atoms with Crippen molar-refractivity contribution in [2.24, 2.45) is 5.73 Å². The number of hydrogen-bond acceptors (Lipinski definition) is 3. The fraction of sp³-hybridized carbons (Fsp3) is 0.500. The number of hydrogen-bond donors (Lipinski definition) is 1. The lowest BCUT2D eigenvalue weighted by atomic mass is 10.0. The number of methoxy groups -OCH3 is 2. The van der Waals surface area contributed by atoms with E-state index in [1.165, 1.54) is 14.2 Å². The van der Waals surface area contributed by atoms with Gasteiger partial charge in [0.25, 0.3) is 0 Å². The van der Waals surface area contributed by atoms with Crippen LogP contribution in [0.3, 0.4) is 0 Å². The molecule has 18 heavy (non-hydrogen) atoms. The van der Waals surface area contributed by atoms with Gasteiger partial charge >= 0.3 is 6.18 Å². The molecule has 0 aliphatic rings. The number of aryl methyl sites for hydroxylation is 1. The van der Waals surface area contributed by atoms with E-state index in [9.17, 15) is 13.2 Å². The van der Waals surface area contributed by atoms with Gasteiger partial charge in [-0.25, -0.2) is 0 Å². The van der Waals surface area contributed by atoms with Crippen molar-refractivity contribution in [3.8, 4) is 11.5 Å². The van der Waals surface area contributed by atoms with Gasteiger partial charge in [-0.15, -0.1) is 0 Å². The van der Waals surface area contributed by atoms with Gasteiger partial charge in [0.15, 0.2) is 0 Å². The summed E-state index contributed by atoms with van der Waals surface area (Å²) in [4.78, 5) is 0. The second kappa shape index (κ2) is 5.95. The van der Waals surface area contributed by atoms with Crippen LogP contribution in [0.4, 0.5) is 13.2 Å². The summed E-state index contributed by atoms with van der Waals surface area (Å²) in [6, 6.07) is 3.19. The van der Waals surface area contributed by atoms with Gasteiger partial charge in [-0.3, -0.25) is 0 Å². The van der Waals surface area contributed by atoms with Crippen LogP contribution in [-0.4, -0.2) is 26.4 Å². The average molecular weight is 263 g/mol. The highest BCUT2D eigenvalue weighted by molar-refractivity contribution is 5.38. The van der Waals surface area contributed by atoms with Gasteiger partial charge in [0.1, 0.15) is 17.5 Å². The number of nitrogens with two attached hydrogens (primary N) is 1. The van der Waals surface area contributed by atoms with Gasteiger partial charge in [-0.2, -0.15) is 13.2 Å². The van der Waals surface area contributed by atoms with Crippen molar-refractivity contribution >= 4 is 0 Å². The maximum absolute atomic E-state index is 12.3. The zero-order valence-electron chi connectivity index (χ0n) is 10.3. The van der Waals surface area contributed by atoms with Crippen molar-refractivity contribution in [2.45, 2.75) is 25.1 Å². The Kier molecular flexibility index (Phi) is 4.84. The van der Waals surface area contributed by atoms with Gasteiger partial charge in [-0.1, -0.05) is 0 Å². The molecule has 0 aliphatic heterocycles. The first-order chi connectivity index (χ1) is 8.36. The van der Waals surface area contributed by atoms with E-state index in [1.807, 2.05) is 0 Å². The second-order valence-electron chi connectivity index (χ2n) is 3.91. The lowest BCUT2D eigenvalue weighted by Crippen LogP contribution is -2.37. The summed E-state index contributed by atoms with van der Waals surface area (Å²) in [7, 11) is 2.97. The molecule has 1 unspecified atom stereocenters. The third-order valence-electron chi connectivity index (χ3n) is 2.58. The van der Waals surface area contributed by atoms with Crippen molar-refractivity contribution in [1.29, 1.82) is 0 Å². The van der Waals surface area contributed by atoms with Gasteiger partial charge in [0, 0.05) is 6.07 Å². The molecule has 1 aromatic carbocycles. The third kappa shape index (κ3) is 4.10. The zero-order valence-corrected chi connectivity index (χ0v) is 10.3. The van der Waals surface area contributed by atoms with Gasteiger partial charge in [0.2, 0.25) is 0 Å². The van der Waals surface area contributed by atoms with Crippen molar-refractivity contribution in [2.75, 3.05) is 14.2 Å². The molecule has 0 aliphatic carbocycles. The van der Waals surface area contributed by atoms with E-state index in [1.54, 1.807) is 18.2 Å². The first kappa shape index (κ1) is 14.6. The minimum absolute atomic E-state index is 0.167. The summed E-state index contributed by atoms with van der Waals surface area (Å²) < 4.78 is 46.9. The highest BCUT2D eigenvalue weighted by Gasteiger charge is 2.35. The molecule has 0 bridgehead atoms. The van der Waals surface area contributed by atoms with E-state index in [4.69, 9.17) is 15.2 Å². The molecule has 102 valence electrons. The van der Waals surface area contributed by atoms with Crippen molar-refractivity contribution in [3.63, 3.8) is 0 Å². The summed E-state index contributed by atoms with van der Waals surface area (Å²) in [6.07, 6.45) is -4.31. The first-order valence-electron chi connectivity index (χ1n) is 5.41. The molecule has 0 aromatic heterocycles. The lowest BCUT2D eigenvalue weighted by molar-refractivity contribution is -0.148.